The minimum Gasteiger partial charge on any atom is -0.506 e. The number of halogens is 3. The quantitative estimate of drug-likeness (QED) is 0.692. The number of nitrogens with zero attached hydrogens (tertiary/aromatic N) is 2. The van der Waals surface area contributed by atoms with Crippen LogP contribution in [0.4, 0.5) is 18.3 Å². The third-order valence-corrected chi connectivity index (χ3v) is 4.29. The summed E-state index contributed by atoms with van der Waals surface area (Å²) in [6.07, 6.45) is -1.23. The van der Waals surface area contributed by atoms with Gasteiger partial charge >= 0.3 is 6.18 Å². The van der Waals surface area contributed by atoms with E-state index in [1.807, 2.05) is 0 Å². The van der Waals surface area contributed by atoms with E-state index in [1.165, 1.54) is 30.0 Å². The third-order valence-electron chi connectivity index (χ3n) is 3.60. The van der Waals surface area contributed by atoms with Crippen molar-refractivity contribution in [2.75, 3.05) is 5.32 Å². The van der Waals surface area contributed by atoms with Crippen molar-refractivity contribution in [3.8, 4) is 5.75 Å². The highest BCUT2D eigenvalue weighted by atomic mass is 32.1. The van der Waals surface area contributed by atoms with E-state index in [4.69, 9.17) is 0 Å². The molecule has 9 heteroatoms. The summed E-state index contributed by atoms with van der Waals surface area (Å²) in [5, 5.41) is 14.9. The van der Waals surface area contributed by atoms with Gasteiger partial charge in [0.1, 0.15) is 11.3 Å². The second-order valence-corrected chi connectivity index (χ2v) is 6.22. The number of amides is 1. The maximum atomic E-state index is 13.3. The van der Waals surface area contributed by atoms with Gasteiger partial charge in [-0.2, -0.15) is 13.2 Å². The van der Waals surface area contributed by atoms with Gasteiger partial charge in [0.2, 0.25) is 0 Å². The van der Waals surface area contributed by atoms with Crippen LogP contribution >= 0.6 is 11.3 Å². The van der Waals surface area contributed by atoms with Gasteiger partial charge < -0.3 is 5.11 Å². The van der Waals surface area contributed by atoms with Crippen LogP contribution in [0.3, 0.4) is 0 Å². The molecule has 0 spiro atoms. The van der Waals surface area contributed by atoms with E-state index in [0.717, 1.165) is 12.1 Å². The molecule has 0 saturated heterocycles. The van der Waals surface area contributed by atoms with Crippen LogP contribution in [0.5, 0.6) is 5.75 Å². The van der Waals surface area contributed by atoms with Crippen molar-refractivity contribution in [2.24, 2.45) is 0 Å². The average Bonchev–Trinajstić information content (AvgIpc) is 3.06. The van der Waals surface area contributed by atoms with E-state index >= 15 is 0 Å². The van der Waals surface area contributed by atoms with Crippen molar-refractivity contribution >= 4 is 33.3 Å². The summed E-state index contributed by atoms with van der Waals surface area (Å²) < 4.78 is 39.8. The number of carbonyl (C=O) groups excluding carboxylic acids is 1. The number of thiazole rings is 1. The monoisotopic (exact) mass is 380 g/mol. The van der Waals surface area contributed by atoms with Gasteiger partial charge in [-0.05, 0) is 18.6 Å². The molecule has 1 radical (unpaired) electrons. The van der Waals surface area contributed by atoms with E-state index in [9.17, 15) is 23.1 Å². The number of fused-ring (bicyclic) bond motifs is 1. The number of nitrogens with one attached hydrogen (secondary N) is 1. The van der Waals surface area contributed by atoms with E-state index in [2.05, 4.69) is 15.3 Å². The second kappa shape index (κ2) is 6.91. The highest BCUT2D eigenvalue weighted by Gasteiger charge is 2.34. The van der Waals surface area contributed by atoms with Gasteiger partial charge in [0.25, 0.3) is 5.91 Å². The molecule has 2 heterocycles. The normalized spacial score (nSPS) is 11.7. The Labute approximate surface area is 150 Å². The Kier molecular flexibility index (Phi) is 4.82. The van der Waals surface area contributed by atoms with E-state index in [0.29, 0.717) is 11.6 Å². The summed E-state index contributed by atoms with van der Waals surface area (Å²) in [4.78, 5) is 20.5. The van der Waals surface area contributed by atoms with E-state index in [1.54, 1.807) is 12.3 Å². The van der Waals surface area contributed by atoms with Gasteiger partial charge in [0, 0.05) is 23.4 Å². The fraction of sp³-hybridized carbons (Fsp3) is 0.176. The Balaban J connectivity index is 2.21. The van der Waals surface area contributed by atoms with Crippen LogP contribution in [0, 0.1) is 6.42 Å². The van der Waals surface area contributed by atoms with Crippen molar-refractivity contribution < 1.29 is 23.1 Å². The topological polar surface area (TPSA) is 75.1 Å². The van der Waals surface area contributed by atoms with E-state index in [-0.39, 0.29) is 16.6 Å². The minimum atomic E-state index is -4.63. The summed E-state index contributed by atoms with van der Waals surface area (Å²) in [5.41, 5.74) is -1.57. The number of benzene rings is 1. The first-order valence-corrected chi connectivity index (χ1v) is 8.47. The Bertz CT molecular complexity index is 956. The van der Waals surface area contributed by atoms with Crippen molar-refractivity contribution in [1.82, 2.24) is 9.97 Å². The number of pyridine rings is 1. The highest BCUT2D eigenvalue weighted by molar-refractivity contribution is 7.13. The van der Waals surface area contributed by atoms with Gasteiger partial charge in [-0.3, -0.25) is 15.1 Å². The maximum absolute atomic E-state index is 13.3. The molecule has 0 aliphatic rings. The highest BCUT2D eigenvalue weighted by Crippen LogP contribution is 2.39. The summed E-state index contributed by atoms with van der Waals surface area (Å²) in [7, 11) is 0. The Morgan fingerprint density at radius 2 is 2.15 bits per heavy atom. The lowest BCUT2D eigenvalue weighted by atomic mass is 10.0. The van der Waals surface area contributed by atoms with Crippen LogP contribution in [-0.4, -0.2) is 21.0 Å². The van der Waals surface area contributed by atoms with Crippen LogP contribution in [-0.2, 0) is 6.18 Å². The standard InChI is InChI=1S/C17H13F3N3O2S/c1-2-4-11-12(15(25)23-16-21-7-8-26-16)14(24)9-5-3-6-10(13(9)22-11)17(18,19)20/h3-8H,2H2,1H3,(H,22,24)(H,21,23,25). The van der Waals surface area contributed by atoms with Gasteiger partial charge in [-0.15, -0.1) is 11.3 Å². The zero-order valence-electron chi connectivity index (χ0n) is 13.5. The van der Waals surface area contributed by atoms with Crippen molar-refractivity contribution in [3.05, 3.63) is 53.0 Å². The van der Waals surface area contributed by atoms with E-state index < -0.39 is 28.9 Å². The number of aromatic nitrogens is 2. The molecular formula is C17H13F3N3O2S. The molecule has 2 aromatic heterocycles. The first-order chi connectivity index (χ1) is 12.3. The second-order valence-electron chi connectivity index (χ2n) is 5.32. The fourth-order valence-corrected chi connectivity index (χ4v) is 3.05. The molecule has 0 saturated carbocycles. The molecule has 1 amide bonds. The molecule has 0 bridgehead atoms. The fourth-order valence-electron chi connectivity index (χ4n) is 2.53. The molecule has 5 nitrogen and oxygen atoms in total. The zero-order valence-corrected chi connectivity index (χ0v) is 14.3. The Hall–Kier alpha value is -2.68. The molecule has 26 heavy (non-hydrogen) atoms. The average molecular weight is 380 g/mol. The summed E-state index contributed by atoms with van der Waals surface area (Å²) in [6, 6.07) is 3.35. The van der Waals surface area contributed by atoms with Gasteiger partial charge in [0.05, 0.1) is 16.8 Å². The number of aromatic hydroxyl groups is 1. The summed E-state index contributed by atoms with van der Waals surface area (Å²) in [6.45, 7) is 1.75. The van der Waals surface area contributed by atoms with Gasteiger partial charge in [-0.1, -0.05) is 13.0 Å². The molecule has 0 aliphatic heterocycles. The molecule has 135 valence electrons. The molecular weight excluding hydrogens is 367 g/mol. The Morgan fingerprint density at radius 1 is 1.38 bits per heavy atom. The first-order valence-electron chi connectivity index (χ1n) is 7.59. The largest absolute Gasteiger partial charge is 0.506 e. The molecule has 0 aliphatic carbocycles. The summed E-state index contributed by atoms with van der Waals surface area (Å²) in [5.74, 6) is -1.24. The number of rotatable bonds is 4. The molecule has 2 N–H and O–H groups in total. The first kappa shape index (κ1) is 18.1. The number of alkyl halides is 3. The number of hydrogen-bond donors (Lipinski definition) is 2. The number of hydrogen-bond acceptors (Lipinski definition) is 5. The molecule has 1 aromatic carbocycles. The SMILES string of the molecule is CC[CH]c1nc2c(C(F)(F)F)cccc2c(O)c1C(=O)Nc1nccs1. The molecule has 0 unspecified atom stereocenters. The predicted octanol–water partition coefficient (Wildman–Crippen LogP) is 4.63. The minimum absolute atomic E-state index is 0.0109. The van der Waals surface area contributed by atoms with Crippen LogP contribution in [0.1, 0.15) is 35.0 Å². The predicted molar refractivity (Wildman–Crippen MR) is 92.2 cm³/mol. The van der Waals surface area contributed by atoms with Crippen LogP contribution < -0.4 is 5.32 Å². The number of carbonyl (C=O) groups is 1. The number of anilines is 1. The van der Waals surface area contributed by atoms with Crippen molar-refractivity contribution in [2.45, 2.75) is 19.5 Å². The van der Waals surface area contributed by atoms with Gasteiger partial charge in [0.15, 0.2) is 5.13 Å². The molecule has 3 rings (SSSR count). The molecule has 0 atom stereocenters. The lowest BCUT2D eigenvalue weighted by Gasteiger charge is -2.15. The van der Waals surface area contributed by atoms with Crippen LogP contribution in [0.2, 0.25) is 0 Å². The van der Waals surface area contributed by atoms with Gasteiger partial charge in [-0.25, -0.2) is 4.98 Å². The lowest BCUT2D eigenvalue weighted by Crippen LogP contribution is -2.16. The third kappa shape index (κ3) is 3.34. The lowest BCUT2D eigenvalue weighted by molar-refractivity contribution is -0.136. The Morgan fingerprint density at radius 3 is 2.77 bits per heavy atom. The zero-order chi connectivity index (χ0) is 18.9. The summed E-state index contributed by atoms with van der Waals surface area (Å²) >= 11 is 1.18. The van der Waals surface area contributed by atoms with Crippen molar-refractivity contribution in [1.29, 1.82) is 0 Å². The van der Waals surface area contributed by atoms with Crippen LogP contribution in [0.25, 0.3) is 10.9 Å². The van der Waals surface area contributed by atoms with Crippen LogP contribution in [0.15, 0.2) is 29.8 Å². The number of para-hydroxylation sites is 1. The molecule has 3 aromatic rings. The molecule has 0 fully saturated rings. The smallest absolute Gasteiger partial charge is 0.418 e. The van der Waals surface area contributed by atoms with Crippen molar-refractivity contribution in [3.63, 3.8) is 0 Å². The maximum Gasteiger partial charge on any atom is 0.418 e.